The van der Waals surface area contributed by atoms with Gasteiger partial charge in [-0.3, -0.25) is 4.79 Å². The van der Waals surface area contributed by atoms with Crippen LogP contribution in [0.1, 0.15) is 57.9 Å². The van der Waals surface area contributed by atoms with E-state index in [1.807, 2.05) is 24.3 Å². The van der Waals surface area contributed by atoms with E-state index in [9.17, 15) is 4.79 Å². The molecule has 0 amide bonds. The first kappa shape index (κ1) is 20.7. The first-order valence-electron chi connectivity index (χ1n) is 9.73. The van der Waals surface area contributed by atoms with E-state index in [2.05, 4.69) is 25.6 Å². The summed E-state index contributed by atoms with van der Waals surface area (Å²) < 4.78 is 17.9. The predicted octanol–water partition coefficient (Wildman–Crippen LogP) is 4.82. The molecule has 1 fully saturated rings. The van der Waals surface area contributed by atoms with Gasteiger partial charge in [-0.25, -0.2) is 0 Å². The van der Waals surface area contributed by atoms with Crippen LogP contribution in [0.25, 0.3) is 0 Å². The van der Waals surface area contributed by atoms with Gasteiger partial charge in [-0.05, 0) is 18.4 Å². The van der Waals surface area contributed by atoms with Gasteiger partial charge in [0.1, 0.15) is 6.10 Å². The fraction of sp³-hybridized carbons (Fsp3) is 0.591. The topological polar surface area (TPSA) is 44.8 Å². The van der Waals surface area contributed by atoms with E-state index < -0.39 is 0 Å². The molecule has 0 spiro atoms. The second kappa shape index (κ2) is 11.1. The molecule has 1 aliphatic rings. The largest absolute Gasteiger partial charge is 0.460 e. The maximum atomic E-state index is 11.4. The Morgan fingerprint density at radius 1 is 1.35 bits per heavy atom. The zero-order valence-corrected chi connectivity index (χ0v) is 16.1. The average Bonchev–Trinajstić information content (AvgIpc) is 3.01. The van der Waals surface area contributed by atoms with Crippen molar-refractivity contribution < 1.29 is 19.0 Å². The highest BCUT2D eigenvalue weighted by Crippen LogP contribution is 2.31. The lowest BCUT2D eigenvalue weighted by molar-refractivity contribution is -0.149. The Labute approximate surface area is 157 Å². The molecule has 1 heterocycles. The van der Waals surface area contributed by atoms with Crippen molar-refractivity contribution in [1.82, 2.24) is 0 Å². The summed E-state index contributed by atoms with van der Waals surface area (Å²) in [7, 11) is 0. The molecule has 4 atom stereocenters. The second-order valence-corrected chi connectivity index (χ2v) is 6.95. The Morgan fingerprint density at radius 3 is 2.77 bits per heavy atom. The molecular weight excluding hydrogens is 328 g/mol. The van der Waals surface area contributed by atoms with Gasteiger partial charge < -0.3 is 14.2 Å². The third-order valence-electron chi connectivity index (χ3n) is 4.76. The maximum Gasteiger partial charge on any atom is 0.302 e. The van der Waals surface area contributed by atoms with Crippen molar-refractivity contribution in [3.8, 4) is 0 Å². The number of hydrogen-bond acceptors (Lipinski definition) is 4. The molecule has 0 N–H and O–H groups in total. The van der Waals surface area contributed by atoms with Crippen molar-refractivity contribution in [1.29, 1.82) is 0 Å². The van der Waals surface area contributed by atoms with E-state index >= 15 is 0 Å². The number of unbranched alkanes of at least 4 members (excludes halogenated alkanes) is 2. The highest BCUT2D eigenvalue weighted by atomic mass is 16.6. The molecule has 2 rings (SSSR count). The van der Waals surface area contributed by atoms with Crippen LogP contribution in [0.3, 0.4) is 0 Å². The molecule has 1 aromatic rings. The van der Waals surface area contributed by atoms with Crippen LogP contribution in [0.4, 0.5) is 0 Å². The molecule has 26 heavy (non-hydrogen) atoms. The lowest BCUT2D eigenvalue weighted by atomic mass is 10.0. The number of hydrogen-bond donors (Lipinski definition) is 0. The number of esters is 1. The van der Waals surface area contributed by atoms with Gasteiger partial charge in [0.2, 0.25) is 0 Å². The molecule has 1 saturated heterocycles. The van der Waals surface area contributed by atoms with Crippen molar-refractivity contribution in [3.63, 3.8) is 0 Å². The van der Waals surface area contributed by atoms with Crippen LogP contribution < -0.4 is 0 Å². The Bertz CT molecular complexity index is 542. The fourth-order valence-corrected chi connectivity index (χ4v) is 3.45. The fourth-order valence-electron chi connectivity index (χ4n) is 3.45. The minimum atomic E-state index is -0.263. The summed E-state index contributed by atoms with van der Waals surface area (Å²) in [5, 5.41) is 0. The van der Waals surface area contributed by atoms with Gasteiger partial charge in [0.05, 0.1) is 24.9 Å². The predicted molar refractivity (Wildman–Crippen MR) is 103 cm³/mol. The van der Waals surface area contributed by atoms with Crippen molar-refractivity contribution in [2.24, 2.45) is 0 Å². The molecule has 4 heteroatoms. The number of benzene rings is 1. The summed E-state index contributed by atoms with van der Waals surface area (Å²) in [5.74, 6) is -0.263. The number of carbonyl (C=O) groups is 1. The molecule has 0 radical (unpaired) electrons. The van der Waals surface area contributed by atoms with Gasteiger partial charge in [0.25, 0.3) is 0 Å². The van der Waals surface area contributed by atoms with Crippen LogP contribution in [-0.4, -0.2) is 30.4 Å². The highest BCUT2D eigenvalue weighted by Gasteiger charge is 2.40. The summed E-state index contributed by atoms with van der Waals surface area (Å²) in [5.41, 5.74) is 1.16. The average molecular weight is 360 g/mol. The molecule has 144 valence electrons. The van der Waals surface area contributed by atoms with Crippen molar-refractivity contribution >= 4 is 5.97 Å². The minimum absolute atomic E-state index is 0.00892. The normalized spacial score (nSPS) is 23.5. The SMILES string of the molecule is C=CC[C@H]1O[C@@H]([C@@H](CCCCC)OCc2ccccc2)C[C@H]1OC(C)=O. The monoisotopic (exact) mass is 360 g/mol. The van der Waals surface area contributed by atoms with Crippen LogP contribution >= 0.6 is 0 Å². The first-order valence-corrected chi connectivity index (χ1v) is 9.73. The van der Waals surface area contributed by atoms with Gasteiger partial charge in [-0.15, -0.1) is 6.58 Å². The Hall–Kier alpha value is -1.65. The van der Waals surface area contributed by atoms with Gasteiger partial charge in [0.15, 0.2) is 0 Å². The Morgan fingerprint density at radius 2 is 2.12 bits per heavy atom. The standard InChI is InChI=1S/C22H32O4/c1-4-6-8-14-19(24-16-18-12-9-7-10-13-18)21-15-22(25-17(3)23)20(26-21)11-5-2/h5,7,9-10,12-13,19-22H,2,4,6,8,11,14-16H2,1,3H3/t19-,20-,21-,22-/m1/s1. The van der Waals surface area contributed by atoms with E-state index in [-0.39, 0.29) is 30.4 Å². The second-order valence-electron chi connectivity index (χ2n) is 6.95. The summed E-state index contributed by atoms with van der Waals surface area (Å²) in [4.78, 5) is 11.4. The molecule has 4 nitrogen and oxygen atoms in total. The van der Waals surface area contributed by atoms with Gasteiger partial charge in [0, 0.05) is 13.3 Å². The summed E-state index contributed by atoms with van der Waals surface area (Å²) in [6.45, 7) is 8.01. The Kier molecular flexibility index (Phi) is 8.86. The summed E-state index contributed by atoms with van der Waals surface area (Å²) in [6, 6.07) is 10.2. The maximum absolute atomic E-state index is 11.4. The molecule has 0 saturated carbocycles. The zero-order valence-electron chi connectivity index (χ0n) is 16.1. The van der Waals surface area contributed by atoms with Crippen molar-refractivity contribution in [2.75, 3.05) is 0 Å². The van der Waals surface area contributed by atoms with E-state index in [4.69, 9.17) is 14.2 Å². The lowest BCUT2D eigenvalue weighted by Crippen LogP contribution is -2.29. The van der Waals surface area contributed by atoms with Crippen LogP contribution in [0.5, 0.6) is 0 Å². The van der Waals surface area contributed by atoms with Crippen LogP contribution in [0, 0.1) is 0 Å². The molecule has 0 bridgehead atoms. The zero-order chi connectivity index (χ0) is 18.8. The first-order chi connectivity index (χ1) is 12.6. The van der Waals surface area contributed by atoms with E-state index in [0.717, 1.165) is 18.4 Å². The summed E-state index contributed by atoms with van der Waals surface area (Å²) >= 11 is 0. The van der Waals surface area contributed by atoms with E-state index in [1.54, 1.807) is 0 Å². The lowest BCUT2D eigenvalue weighted by Gasteiger charge is -2.24. The summed E-state index contributed by atoms with van der Waals surface area (Å²) in [6.07, 6.45) is 7.21. The van der Waals surface area contributed by atoms with Crippen LogP contribution in [0.2, 0.25) is 0 Å². The minimum Gasteiger partial charge on any atom is -0.460 e. The van der Waals surface area contributed by atoms with Crippen molar-refractivity contribution in [2.45, 2.75) is 83.4 Å². The third-order valence-corrected chi connectivity index (χ3v) is 4.76. The van der Waals surface area contributed by atoms with Crippen molar-refractivity contribution in [3.05, 3.63) is 48.6 Å². The molecular formula is C22H32O4. The molecule has 0 aliphatic carbocycles. The van der Waals surface area contributed by atoms with Gasteiger partial charge >= 0.3 is 5.97 Å². The van der Waals surface area contributed by atoms with E-state index in [0.29, 0.717) is 19.4 Å². The van der Waals surface area contributed by atoms with Crippen LogP contribution in [-0.2, 0) is 25.6 Å². The van der Waals surface area contributed by atoms with E-state index in [1.165, 1.54) is 19.8 Å². The molecule has 0 unspecified atom stereocenters. The molecule has 0 aromatic heterocycles. The molecule has 1 aliphatic heterocycles. The van der Waals surface area contributed by atoms with Crippen LogP contribution in [0.15, 0.2) is 43.0 Å². The number of ether oxygens (including phenoxy) is 3. The Balaban J connectivity index is 2.00. The number of carbonyl (C=O) groups excluding carboxylic acids is 1. The van der Waals surface area contributed by atoms with Gasteiger partial charge in [-0.2, -0.15) is 0 Å². The smallest absolute Gasteiger partial charge is 0.302 e. The number of rotatable bonds is 11. The third kappa shape index (κ3) is 6.58. The molecule has 1 aromatic carbocycles. The quantitative estimate of drug-likeness (QED) is 0.322. The highest BCUT2D eigenvalue weighted by molar-refractivity contribution is 5.66. The van der Waals surface area contributed by atoms with Gasteiger partial charge in [-0.1, -0.05) is 62.6 Å².